The number of halogens is 2. The van der Waals surface area contributed by atoms with Gasteiger partial charge in [-0.2, -0.15) is 0 Å². The van der Waals surface area contributed by atoms with Gasteiger partial charge in [0.25, 0.3) is 0 Å². The summed E-state index contributed by atoms with van der Waals surface area (Å²) in [4.78, 5) is 0. The summed E-state index contributed by atoms with van der Waals surface area (Å²) in [6, 6.07) is 6.08. The zero-order chi connectivity index (χ0) is 12.6. The predicted molar refractivity (Wildman–Crippen MR) is 75.6 cm³/mol. The Morgan fingerprint density at radius 2 is 1.89 bits per heavy atom. The van der Waals surface area contributed by atoms with Crippen molar-refractivity contribution in [2.75, 3.05) is 11.9 Å². The van der Waals surface area contributed by atoms with E-state index in [9.17, 15) is 0 Å². The summed E-state index contributed by atoms with van der Waals surface area (Å²) >= 11 is 12.0. The van der Waals surface area contributed by atoms with Crippen LogP contribution in [0, 0.1) is 0 Å². The van der Waals surface area contributed by atoms with Gasteiger partial charge >= 0.3 is 0 Å². The molecule has 4 heteroatoms. The van der Waals surface area contributed by atoms with Gasteiger partial charge in [0.2, 0.25) is 0 Å². The molecule has 0 amide bonds. The molecule has 2 fully saturated rings. The molecule has 18 heavy (non-hydrogen) atoms. The summed E-state index contributed by atoms with van der Waals surface area (Å²) < 4.78 is 5.92. The van der Waals surface area contributed by atoms with Gasteiger partial charge in [-0.05, 0) is 50.3 Å². The van der Waals surface area contributed by atoms with Crippen LogP contribution < -0.4 is 5.32 Å². The first-order chi connectivity index (χ1) is 8.65. The molecule has 1 aromatic carbocycles. The summed E-state index contributed by atoms with van der Waals surface area (Å²) in [6.07, 6.45) is 5.86. The SMILES string of the molecule is Clc1cc(Cl)cc(NC2CCOC3(CCC3)C2)c1. The minimum absolute atomic E-state index is 0.165. The molecule has 1 heterocycles. The first kappa shape index (κ1) is 12.6. The molecular weight excluding hydrogens is 269 g/mol. The predicted octanol–water partition coefficient (Wildman–Crippen LogP) is 4.51. The number of rotatable bonds is 2. The average molecular weight is 286 g/mol. The molecule has 0 bridgehead atoms. The Morgan fingerprint density at radius 1 is 1.17 bits per heavy atom. The molecule has 3 rings (SSSR count). The summed E-state index contributed by atoms with van der Waals surface area (Å²) in [7, 11) is 0. The lowest BCUT2D eigenvalue weighted by Gasteiger charge is -2.47. The second-order valence-corrected chi connectivity index (χ2v) is 6.25. The van der Waals surface area contributed by atoms with Crippen LogP contribution in [-0.2, 0) is 4.74 Å². The van der Waals surface area contributed by atoms with Gasteiger partial charge in [0, 0.05) is 28.4 Å². The highest BCUT2D eigenvalue weighted by Crippen LogP contribution is 2.43. The minimum atomic E-state index is 0.165. The summed E-state index contributed by atoms with van der Waals surface area (Å²) in [5, 5.41) is 4.89. The van der Waals surface area contributed by atoms with E-state index in [-0.39, 0.29) is 5.60 Å². The van der Waals surface area contributed by atoms with Crippen molar-refractivity contribution in [3.05, 3.63) is 28.2 Å². The van der Waals surface area contributed by atoms with Crippen LogP contribution in [0.5, 0.6) is 0 Å². The number of nitrogens with one attached hydrogen (secondary N) is 1. The molecule has 1 aromatic rings. The van der Waals surface area contributed by atoms with Crippen molar-refractivity contribution < 1.29 is 4.74 Å². The fourth-order valence-corrected chi connectivity index (χ4v) is 3.47. The summed E-state index contributed by atoms with van der Waals surface area (Å²) in [6.45, 7) is 0.853. The minimum Gasteiger partial charge on any atom is -0.382 e. The van der Waals surface area contributed by atoms with Crippen LogP contribution in [0.2, 0.25) is 10.0 Å². The van der Waals surface area contributed by atoms with E-state index in [1.807, 2.05) is 12.1 Å². The second-order valence-electron chi connectivity index (χ2n) is 5.38. The maximum Gasteiger partial charge on any atom is 0.0702 e. The van der Waals surface area contributed by atoms with Crippen molar-refractivity contribution in [1.82, 2.24) is 0 Å². The monoisotopic (exact) mass is 285 g/mol. The lowest BCUT2D eigenvalue weighted by Crippen LogP contribution is -2.49. The smallest absolute Gasteiger partial charge is 0.0702 e. The van der Waals surface area contributed by atoms with E-state index < -0.39 is 0 Å². The molecule has 98 valence electrons. The Balaban J connectivity index is 1.68. The van der Waals surface area contributed by atoms with E-state index in [2.05, 4.69) is 5.32 Å². The number of ether oxygens (including phenoxy) is 1. The van der Waals surface area contributed by atoms with Gasteiger partial charge in [-0.3, -0.25) is 0 Å². The molecular formula is C14H17Cl2NO. The number of hydrogen-bond donors (Lipinski definition) is 1. The average Bonchev–Trinajstić information content (AvgIpc) is 2.26. The Kier molecular flexibility index (Phi) is 3.44. The van der Waals surface area contributed by atoms with Crippen LogP contribution in [0.1, 0.15) is 32.1 Å². The van der Waals surface area contributed by atoms with Crippen molar-refractivity contribution in [3.63, 3.8) is 0 Å². The topological polar surface area (TPSA) is 21.3 Å². The van der Waals surface area contributed by atoms with Gasteiger partial charge in [-0.1, -0.05) is 23.2 Å². The third-order valence-electron chi connectivity index (χ3n) is 3.99. The molecule has 1 aliphatic carbocycles. The summed E-state index contributed by atoms with van der Waals surface area (Å²) in [5.74, 6) is 0. The van der Waals surface area contributed by atoms with Crippen LogP contribution in [0.25, 0.3) is 0 Å². The Morgan fingerprint density at radius 3 is 2.50 bits per heavy atom. The van der Waals surface area contributed by atoms with Crippen molar-refractivity contribution in [1.29, 1.82) is 0 Å². The molecule has 1 spiro atoms. The van der Waals surface area contributed by atoms with Crippen LogP contribution in [-0.4, -0.2) is 18.2 Å². The van der Waals surface area contributed by atoms with Crippen molar-refractivity contribution in [2.24, 2.45) is 0 Å². The van der Waals surface area contributed by atoms with Crippen LogP contribution in [0.4, 0.5) is 5.69 Å². The number of benzene rings is 1. The van der Waals surface area contributed by atoms with E-state index in [1.54, 1.807) is 6.07 Å². The van der Waals surface area contributed by atoms with E-state index in [0.717, 1.165) is 25.1 Å². The fraction of sp³-hybridized carbons (Fsp3) is 0.571. The number of anilines is 1. The van der Waals surface area contributed by atoms with E-state index in [0.29, 0.717) is 16.1 Å². The molecule has 2 aliphatic rings. The molecule has 1 saturated carbocycles. The molecule has 1 unspecified atom stereocenters. The maximum absolute atomic E-state index is 6.01. The van der Waals surface area contributed by atoms with E-state index >= 15 is 0 Å². The Bertz CT molecular complexity index is 425. The Labute approximate surface area is 118 Å². The second kappa shape index (κ2) is 4.92. The first-order valence-electron chi connectivity index (χ1n) is 6.52. The molecule has 1 N–H and O–H groups in total. The van der Waals surface area contributed by atoms with Crippen molar-refractivity contribution in [3.8, 4) is 0 Å². The van der Waals surface area contributed by atoms with Crippen LogP contribution >= 0.6 is 23.2 Å². The first-order valence-corrected chi connectivity index (χ1v) is 7.27. The molecule has 0 radical (unpaired) electrons. The quantitative estimate of drug-likeness (QED) is 0.863. The third-order valence-corrected chi connectivity index (χ3v) is 4.43. The van der Waals surface area contributed by atoms with Crippen LogP contribution in [0.15, 0.2) is 18.2 Å². The lowest BCUT2D eigenvalue weighted by molar-refractivity contribution is -0.130. The number of hydrogen-bond acceptors (Lipinski definition) is 2. The zero-order valence-corrected chi connectivity index (χ0v) is 11.7. The van der Waals surface area contributed by atoms with Gasteiger partial charge in [0.15, 0.2) is 0 Å². The molecule has 1 saturated heterocycles. The van der Waals surface area contributed by atoms with Crippen molar-refractivity contribution in [2.45, 2.75) is 43.7 Å². The molecule has 1 aliphatic heterocycles. The third kappa shape index (κ3) is 2.61. The normalized spacial score (nSPS) is 25.8. The molecule has 2 nitrogen and oxygen atoms in total. The fourth-order valence-electron chi connectivity index (χ4n) is 2.94. The van der Waals surface area contributed by atoms with Crippen molar-refractivity contribution >= 4 is 28.9 Å². The molecule has 1 atom stereocenters. The van der Waals surface area contributed by atoms with E-state index in [1.165, 1.54) is 19.3 Å². The zero-order valence-electron chi connectivity index (χ0n) is 10.2. The van der Waals surface area contributed by atoms with E-state index in [4.69, 9.17) is 27.9 Å². The largest absolute Gasteiger partial charge is 0.382 e. The van der Waals surface area contributed by atoms with Gasteiger partial charge < -0.3 is 10.1 Å². The van der Waals surface area contributed by atoms with Crippen LogP contribution in [0.3, 0.4) is 0 Å². The standard InChI is InChI=1S/C14H17Cl2NO/c15-10-6-11(16)8-13(7-10)17-12-2-5-18-14(9-12)3-1-4-14/h6-8,12,17H,1-5,9H2. The van der Waals surface area contributed by atoms with Gasteiger partial charge in [-0.25, -0.2) is 0 Å². The maximum atomic E-state index is 6.01. The van der Waals surface area contributed by atoms with Gasteiger partial charge in [0.1, 0.15) is 0 Å². The highest BCUT2D eigenvalue weighted by atomic mass is 35.5. The highest BCUT2D eigenvalue weighted by Gasteiger charge is 2.42. The summed E-state index contributed by atoms with van der Waals surface area (Å²) in [5.41, 5.74) is 1.17. The Hall–Kier alpha value is -0.440. The van der Waals surface area contributed by atoms with Gasteiger partial charge in [-0.15, -0.1) is 0 Å². The highest BCUT2D eigenvalue weighted by molar-refractivity contribution is 6.35. The molecule has 0 aromatic heterocycles. The van der Waals surface area contributed by atoms with Gasteiger partial charge in [0.05, 0.1) is 5.60 Å². The lowest BCUT2D eigenvalue weighted by atomic mass is 9.74.